The van der Waals surface area contributed by atoms with Gasteiger partial charge in [-0.15, -0.1) is 22.7 Å². The summed E-state index contributed by atoms with van der Waals surface area (Å²) in [5.41, 5.74) is 2.03. The molecule has 4 nitrogen and oxygen atoms in total. The number of rotatable bonds is 4. The SMILES string of the molecule is O=C(CSc1nc2ccccc2s1)N1CCC[C@@H]1c1nc2ccccc2s1. The highest BCUT2D eigenvalue weighted by atomic mass is 32.2. The maximum atomic E-state index is 12.9. The van der Waals surface area contributed by atoms with Crippen LogP contribution in [0, 0.1) is 0 Å². The number of hydrogen-bond donors (Lipinski definition) is 0. The third kappa shape index (κ3) is 3.35. The number of benzene rings is 2. The minimum absolute atomic E-state index is 0.117. The fourth-order valence-corrected chi connectivity index (χ4v) is 6.54. The van der Waals surface area contributed by atoms with Crippen LogP contribution in [0.5, 0.6) is 0 Å². The molecule has 0 radical (unpaired) electrons. The Morgan fingerprint density at radius 1 is 1.04 bits per heavy atom. The van der Waals surface area contributed by atoms with Gasteiger partial charge in [0.05, 0.1) is 32.2 Å². The van der Waals surface area contributed by atoms with E-state index in [0.717, 1.165) is 39.8 Å². The lowest BCUT2D eigenvalue weighted by atomic mass is 10.2. The molecule has 0 spiro atoms. The molecule has 1 atom stereocenters. The first-order chi connectivity index (χ1) is 13.3. The van der Waals surface area contributed by atoms with Crippen LogP contribution in [-0.2, 0) is 4.79 Å². The van der Waals surface area contributed by atoms with E-state index in [1.165, 1.54) is 9.40 Å². The maximum absolute atomic E-state index is 12.9. The zero-order chi connectivity index (χ0) is 18.2. The van der Waals surface area contributed by atoms with E-state index in [9.17, 15) is 4.79 Å². The Hall–Kier alpha value is -1.96. The molecule has 1 aliphatic heterocycles. The second-order valence-electron chi connectivity index (χ2n) is 6.50. The van der Waals surface area contributed by atoms with Gasteiger partial charge in [0, 0.05) is 6.54 Å². The molecule has 0 unspecified atom stereocenters. The molecule has 7 heteroatoms. The standard InChI is InChI=1S/C20H17N3OS3/c24-18(12-25-20-22-14-7-2-4-10-17(14)27-20)23-11-5-8-15(23)19-21-13-6-1-3-9-16(13)26-19/h1-4,6-7,9-10,15H,5,8,11-12H2/t15-/m1/s1. The monoisotopic (exact) mass is 411 g/mol. The van der Waals surface area contributed by atoms with Gasteiger partial charge in [-0.1, -0.05) is 36.0 Å². The average Bonchev–Trinajstić information content (AvgIpc) is 3.42. The largest absolute Gasteiger partial charge is 0.332 e. The van der Waals surface area contributed by atoms with E-state index in [2.05, 4.69) is 17.1 Å². The van der Waals surface area contributed by atoms with Crippen molar-refractivity contribution in [2.75, 3.05) is 12.3 Å². The number of aromatic nitrogens is 2. The zero-order valence-electron chi connectivity index (χ0n) is 14.5. The van der Waals surface area contributed by atoms with Crippen molar-refractivity contribution in [2.24, 2.45) is 0 Å². The summed E-state index contributed by atoms with van der Waals surface area (Å²) < 4.78 is 3.32. The number of likely N-dealkylation sites (tertiary alicyclic amines) is 1. The highest BCUT2D eigenvalue weighted by Crippen LogP contribution is 2.37. The van der Waals surface area contributed by atoms with Gasteiger partial charge >= 0.3 is 0 Å². The van der Waals surface area contributed by atoms with Crippen molar-refractivity contribution in [3.8, 4) is 0 Å². The normalized spacial score (nSPS) is 17.2. The first-order valence-corrected chi connectivity index (χ1v) is 11.5. The number of amides is 1. The molecule has 1 fully saturated rings. The van der Waals surface area contributed by atoms with Crippen molar-refractivity contribution in [1.29, 1.82) is 0 Å². The van der Waals surface area contributed by atoms with E-state index in [0.29, 0.717) is 5.75 Å². The Morgan fingerprint density at radius 2 is 1.74 bits per heavy atom. The molecule has 1 amide bonds. The fourth-order valence-electron chi connectivity index (χ4n) is 3.47. The summed E-state index contributed by atoms with van der Waals surface area (Å²) in [5, 5.41) is 1.06. The molecular weight excluding hydrogens is 394 g/mol. The Morgan fingerprint density at radius 3 is 2.48 bits per heavy atom. The highest BCUT2D eigenvalue weighted by molar-refractivity contribution is 8.01. The number of carbonyl (C=O) groups is 1. The number of para-hydroxylation sites is 2. The molecule has 0 aliphatic carbocycles. The number of hydrogen-bond acceptors (Lipinski definition) is 6. The van der Waals surface area contributed by atoms with Crippen LogP contribution < -0.4 is 0 Å². The first-order valence-electron chi connectivity index (χ1n) is 8.91. The van der Waals surface area contributed by atoms with E-state index in [4.69, 9.17) is 4.98 Å². The van der Waals surface area contributed by atoms with Crippen LogP contribution in [0.2, 0.25) is 0 Å². The van der Waals surface area contributed by atoms with Crippen LogP contribution in [0.3, 0.4) is 0 Å². The molecule has 1 aliphatic rings. The van der Waals surface area contributed by atoms with E-state index < -0.39 is 0 Å². The number of fused-ring (bicyclic) bond motifs is 2. The predicted octanol–water partition coefficient (Wildman–Crippen LogP) is 5.36. The molecular formula is C20H17N3OS3. The fraction of sp³-hybridized carbons (Fsp3) is 0.250. The van der Waals surface area contributed by atoms with Crippen molar-refractivity contribution in [3.05, 3.63) is 53.5 Å². The van der Waals surface area contributed by atoms with Crippen LogP contribution in [0.25, 0.3) is 20.4 Å². The molecule has 27 heavy (non-hydrogen) atoms. The van der Waals surface area contributed by atoms with Crippen LogP contribution >= 0.6 is 34.4 Å². The number of nitrogens with zero attached hydrogens (tertiary/aromatic N) is 3. The summed E-state index contributed by atoms with van der Waals surface area (Å²) in [6, 6.07) is 16.4. The molecule has 136 valence electrons. The lowest BCUT2D eigenvalue weighted by molar-refractivity contribution is -0.129. The van der Waals surface area contributed by atoms with Gasteiger partial charge in [0.15, 0.2) is 4.34 Å². The Labute approximate surface area is 169 Å². The minimum atomic E-state index is 0.117. The van der Waals surface area contributed by atoms with Gasteiger partial charge < -0.3 is 4.90 Å². The highest BCUT2D eigenvalue weighted by Gasteiger charge is 2.32. The second-order valence-corrected chi connectivity index (χ2v) is 9.82. The third-order valence-electron chi connectivity index (χ3n) is 4.76. The molecule has 0 saturated carbocycles. The number of carbonyl (C=O) groups excluding carboxylic acids is 1. The number of thiazole rings is 2. The van der Waals surface area contributed by atoms with Crippen molar-refractivity contribution < 1.29 is 4.79 Å². The Balaban J connectivity index is 1.31. The van der Waals surface area contributed by atoms with Gasteiger partial charge in [0.2, 0.25) is 5.91 Å². The van der Waals surface area contributed by atoms with Crippen LogP contribution in [0.4, 0.5) is 0 Å². The lowest BCUT2D eigenvalue weighted by Crippen LogP contribution is -2.31. The molecule has 5 rings (SSSR count). The molecule has 2 aromatic carbocycles. The van der Waals surface area contributed by atoms with Crippen molar-refractivity contribution >= 4 is 60.8 Å². The van der Waals surface area contributed by atoms with Gasteiger partial charge in [0.1, 0.15) is 5.01 Å². The Bertz CT molecular complexity index is 1050. The van der Waals surface area contributed by atoms with Gasteiger partial charge in [-0.05, 0) is 37.1 Å². The van der Waals surface area contributed by atoms with Gasteiger partial charge in [-0.3, -0.25) is 4.79 Å². The summed E-state index contributed by atoms with van der Waals surface area (Å²) in [4.78, 5) is 24.3. The Kier molecular flexibility index (Phi) is 4.59. The first kappa shape index (κ1) is 17.2. The molecule has 0 N–H and O–H groups in total. The average molecular weight is 412 g/mol. The molecule has 2 aromatic heterocycles. The lowest BCUT2D eigenvalue weighted by Gasteiger charge is -2.22. The molecule has 3 heterocycles. The predicted molar refractivity (Wildman–Crippen MR) is 114 cm³/mol. The van der Waals surface area contributed by atoms with Gasteiger partial charge in [0.25, 0.3) is 0 Å². The summed E-state index contributed by atoms with van der Waals surface area (Å²) >= 11 is 4.91. The van der Waals surface area contributed by atoms with Crippen molar-refractivity contribution in [2.45, 2.75) is 23.2 Å². The van der Waals surface area contributed by atoms with E-state index in [1.807, 2.05) is 41.3 Å². The van der Waals surface area contributed by atoms with E-state index in [-0.39, 0.29) is 11.9 Å². The summed E-state index contributed by atoms with van der Waals surface area (Å²) in [6.07, 6.45) is 2.04. The van der Waals surface area contributed by atoms with Crippen molar-refractivity contribution in [3.63, 3.8) is 0 Å². The quantitative estimate of drug-likeness (QED) is 0.424. The van der Waals surface area contributed by atoms with Crippen molar-refractivity contribution in [1.82, 2.24) is 14.9 Å². The van der Waals surface area contributed by atoms with Crippen LogP contribution in [0.1, 0.15) is 23.9 Å². The van der Waals surface area contributed by atoms with Crippen LogP contribution in [-0.4, -0.2) is 33.1 Å². The molecule has 0 bridgehead atoms. The summed E-state index contributed by atoms with van der Waals surface area (Å²) in [7, 11) is 0. The van der Waals surface area contributed by atoms with E-state index >= 15 is 0 Å². The van der Waals surface area contributed by atoms with Gasteiger partial charge in [-0.25, -0.2) is 9.97 Å². The summed E-state index contributed by atoms with van der Waals surface area (Å²) in [6.45, 7) is 0.819. The van der Waals surface area contributed by atoms with Crippen LogP contribution in [0.15, 0.2) is 52.9 Å². The third-order valence-corrected chi connectivity index (χ3v) is 8.06. The van der Waals surface area contributed by atoms with Gasteiger partial charge in [-0.2, -0.15) is 0 Å². The second kappa shape index (κ2) is 7.22. The molecule has 4 aromatic rings. The minimum Gasteiger partial charge on any atom is -0.332 e. The summed E-state index contributed by atoms with van der Waals surface area (Å²) in [5.74, 6) is 0.613. The topological polar surface area (TPSA) is 46.1 Å². The maximum Gasteiger partial charge on any atom is 0.233 e. The zero-order valence-corrected chi connectivity index (χ0v) is 16.9. The van der Waals surface area contributed by atoms with E-state index in [1.54, 1.807) is 34.4 Å². The number of thioether (sulfide) groups is 1. The molecule has 1 saturated heterocycles. The smallest absolute Gasteiger partial charge is 0.233 e.